The van der Waals surface area contributed by atoms with Crippen LogP contribution < -0.4 is 15.7 Å². The number of nitrogens with one attached hydrogen (secondary N) is 2. The number of hydrogen-bond acceptors (Lipinski definition) is 6. The second-order valence-electron chi connectivity index (χ2n) is 5.86. The topological polar surface area (TPSA) is 92.3 Å². The average molecular weight is 363 g/mol. The maximum atomic E-state index is 12.2. The Morgan fingerprint density at radius 2 is 2.00 bits per heavy atom. The van der Waals surface area contributed by atoms with Gasteiger partial charge in [-0.25, -0.2) is 5.43 Å². The van der Waals surface area contributed by atoms with Crippen molar-refractivity contribution < 1.29 is 4.74 Å². The van der Waals surface area contributed by atoms with E-state index in [-0.39, 0.29) is 17.2 Å². The molecule has 27 heavy (non-hydrogen) atoms. The van der Waals surface area contributed by atoms with Crippen molar-refractivity contribution in [3.8, 4) is 17.0 Å². The second kappa shape index (κ2) is 9.28. The van der Waals surface area contributed by atoms with Crippen molar-refractivity contribution in [3.05, 3.63) is 70.5 Å². The molecule has 0 aliphatic rings. The number of aromatic amines is 1. The van der Waals surface area contributed by atoms with Gasteiger partial charge in [-0.15, -0.1) is 10.2 Å². The smallest absolute Gasteiger partial charge is 0.279 e. The average Bonchev–Trinajstić information content (AvgIpc) is 2.69. The third-order valence-electron chi connectivity index (χ3n) is 3.75. The molecule has 0 fully saturated rings. The van der Waals surface area contributed by atoms with Crippen LogP contribution >= 0.6 is 0 Å². The van der Waals surface area contributed by atoms with E-state index in [9.17, 15) is 4.79 Å². The fourth-order valence-corrected chi connectivity index (χ4v) is 2.36. The monoisotopic (exact) mass is 363 g/mol. The number of aromatic nitrogens is 3. The Morgan fingerprint density at radius 1 is 1.15 bits per heavy atom. The first-order valence-electron chi connectivity index (χ1n) is 8.80. The highest BCUT2D eigenvalue weighted by atomic mass is 16.5. The molecular weight excluding hydrogens is 342 g/mol. The highest BCUT2D eigenvalue weighted by molar-refractivity contribution is 5.80. The van der Waals surface area contributed by atoms with Crippen LogP contribution in [0.3, 0.4) is 0 Å². The fraction of sp³-hybridized carbons (Fsp3) is 0.200. The van der Waals surface area contributed by atoms with Crippen LogP contribution in [0.25, 0.3) is 11.3 Å². The largest absolute Gasteiger partial charge is 0.494 e. The number of ether oxygens (including phenoxy) is 1. The molecule has 138 valence electrons. The number of hydrogen-bond donors (Lipinski definition) is 2. The van der Waals surface area contributed by atoms with Crippen molar-refractivity contribution in [3.63, 3.8) is 0 Å². The van der Waals surface area contributed by atoms with E-state index in [2.05, 4.69) is 32.6 Å². The van der Waals surface area contributed by atoms with Crippen molar-refractivity contribution in [1.82, 2.24) is 15.2 Å². The van der Waals surface area contributed by atoms with Crippen molar-refractivity contribution >= 4 is 12.2 Å². The molecule has 1 aromatic heterocycles. The quantitative estimate of drug-likeness (QED) is 0.363. The number of rotatable bonds is 8. The molecular formula is C20H21N5O2. The van der Waals surface area contributed by atoms with E-state index in [4.69, 9.17) is 4.74 Å². The van der Waals surface area contributed by atoms with E-state index < -0.39 is 0 Å². The minimum atomic E-state index is -0.333. The molecule has 0 spiro atoms. The zero-order chi connectivity index (χ0) is 18.9. The first-order valence-corrected chi connectivity index (χ1v) is 8.80. The van der Waals surface area contributed by atoms with Gasteiger partial charge in [0.2, 0.25) is 5.95 Å². The first-order chi connectivity index (χ1) is 13.3. The minimum Gasteiger partial charge on any atom is -0.494 e. The molecule has 2 N–H and O–H groups in total. The number of H-pyrrole nitrogens is 1. The molecule has 7 heteroatoms. The molecule has 1 heterocycles. The van der Waals surface area contributed by atoms with Crippen molar-refractivity contribution in [2.45, 2.75) is 19.8 Å². The van der Waals surface area contributed by atoms with Crippen molar-refractivity contribution in [2.24, 2.45) is 5.10 Å². The number of anilines is 1. The van der Waals surface area contributed by atoms with Gasteiger partial charge in [0.15, 0.2) is 5.69 Å². The van der Waals surface area contributed by atoms with Crippen LogP contribution in [0.4, 0.5) is 5.95 Å². The molecule has 3 rings (SSSR count). The highest BCUT2D eigenvalue weighted by Gasteiger charge is 2.06. The summed E-state index contributed by atoms with van der Waals surface area (Å²) in [6.45, 7) is 2.82. The van der Waals surface area contributed by atoms with Gasteiger partial charge in [0.1, 0.15) is 5.75 Å². The van der Waals surface area contributed by atoms with Gasteiger partial charge < -0.3 is 4.74 Å². The lowest BCUT2D eigenvalue weighted by molar-refractivity contribution is 0.309. The van der Waals surface area contributed by atoms with Gasteiger partial charge in [-0.05, 0) is 24.1 Å². The minimum absolute atomic E-state index is 0.172. The molecule has 3 aromatic rings. The second-order valence-corrected chi connectivity index (χ2v) is 5.86. The maximum absolute atomic E-state index is 12.2. The Morgan fingerprint density at radius 3 is 2.78 bits per heavy atom. The summed E-state index contributed by atoms with van der Waals surface area (Å²) >= 11 is 0. The third kappa shape index (κ3) is 5.24. The lowest BCUT2D eigenvalue weighted by atomic mass is 10.2. The van der Waals surface area contributed by atoms with Gasteiger partial charge in [0.25, 0.3) is 5.56 Å². The lowest BCUT2D eigenvalue weighted by Crippen LogP contribution is -2.15. The summed E-state index contributed by atoms with van der Waals surface area (Å²) in [6.07, 6.45) is 3.73. The molecule has 0 unspecified atom stereocenters. The number of hydrazone groups is 1. The molecule has 0 aliphatic carbocycles. The summed E-state index contributed by atoms with van der Waals surface area (Å²) in [4.78, 5) is 14.8. The molecule has 0 bridgehead atoms. The molecule has 0 aliphatic heterocycles. The van der Waals surface area contributed by atoms with Gasteiger partial charge in [-0.3, -0.25) is 9.78 Å². The maximum Gasteiger partial charge on any atom is 0.279 e. The fourth-order valence-electron chi connectivity index (χ4n) is 2.36. The van der Waals surface area contributed by atoms with E-state index in [1.165, 1.54) is 0 Å². The summed E-state index contributed by atoms with van der Waals surface area (Å²) in [5.74, 6) is 0.971. The molecule has 0 atom stereocenters. The zero-order valence-electron chi connectivity index (χ0n) is 15.1. The summed E-state index contributed by atoms with van der Waals surface area (Å²) in [6, 6.07) is 16.8. The summed E-state index contributed by atoms with van der Waals surface area (Å²) in [5, 5.41) is 12.0. The Bertz CT molecular complexity index is 954. The number of nitrogens with zero attached hydrogens (tertiary/aromatic N) is 3. The van der Waals surface area contributed by atoms with E-state index in [0.717, 1.165) is 24.2 Å². The zero-order valence-corrected chi connectivity index (χ0v) is 15.1. The molecule has 0 radical (unpaired) electrons. The predicted molar refractivity (Wildman–Crippen MR) is 106 cm³/mol. The summed E-state index contributed by atoms with van der Waals surface area (Å²) in [5.41, 5.74) is 4.19. The summed E-state index contributed by atoms with van der Waals surface area (Å²) < 4.78 is 5.67. The van der Waals surface area contributed by atoms with E-state index in [0.29, 0.717) is 12.2 Å². The van der Waals surface area contributed by atoms with Gasteiger partial charge in [-0.2, -0.15) is 5.10 Å². The van der Waals surface area contributed by atoms with Crippen LogP contribution in [-0.4, -0.2) is 28.0 Å². The SMILES string of the molecule is CCCCOc1cccc(/C=N/Nc2nnc(-c3ccccc3)c(=O)[nH]2)c1. The molecule has 0 saturated heterocycles. The van der Waals surface area contributed by atoms with Crippen molar-refractivity contribution in [2.75, 3.05) is 12.0 Å². The normalized spacial score (nSPS) is 10.9. The van der Waals surface area contributed by atoms with Crippen molar-refractivity contribution in [1.29, 1.82) is 0 Å². The molecule has 7 nitrogen and oxygen atoms in total. The Kier molecular flexibility index (Phi) is 6.30. The molecule has 2 aromatic carbocycles. The molecule has 0 saturated carbocycles. The van der Waals surface area contributed by atoms with Crippen LogP contribution in [0.1, 0.15) is 25.3 Å². The van der Waals surface area contributed by atoms with E-state index >= 15 is 0 Å². The van der Waals surface area contributed by atoms with Crippen LogP contribution in [-0.2, 0) is 0 Å². The van der Waals surface area contributed by atoms with Gasteiger partial charge >= 0.3 is 0 Å². The van der Waals surface area contributed by atoms with E-state index in [1.54, 1.807) is 18.3 Å². The predicted octanol–water partition coefficient (Wildman–Crippen LogP) is 3.46. The molecule has 0 amide bonds. The van der Waals surface area contributed by atoms with Crippen LogP contribution in [0.5, 0.6) is 5.75 Å². The third-order valence-corrected chi connectivity index (χ3v) is 3.75. The van der Waals surface area contributed by atoms with Crippen LogP contribution in [0, 0.1) is 0 Å². The Labute approximate surface area is 157 Å². The van der Waals surface area contributed by atoms with Crippen LogP contribution in [0.2, 0.25) is 0 Å². The van der Waals surface area contributed by atoms with Gasteiger partial charge in [-0.1, -0.05) is 55.8 Å². The Hall–Kier alpha value is -3.48. The number of benzene rings is 2. The Balaban J connectivity index is 1.64. The lowest BCUT2D eigenvalue weighted by Gasteiger charge is -2.05. The standard InChI is InChI=1S/C20H21N5O2/c1-2-3-12-27-17-11-7-8-15(13-17)14-21-24-20-22-19(26)18(23-25-20)16-9-5-4-6-10-16/h4-11,13-14H,2-3,12H2,1H3,(H2,22,24,25,26)/b21-14+. The van der Waals surface area contributed by atoms with Gasteiger partial charge in [0.05, 0.1) is 12.8 Å². The highest BCUT2D eigenvalue weighted by Crippen LogP contribution is 2.13. The first kappa shape index (κ1) is 18.3. The van der Waals surface area contributed by atoms with Gasteiger partial charge in [0, 0.05) is 5.56 Å². The number of unbranched alkanes of at least 4 members (excludes halogenated alkanes) is 1. The van der Waals surface area contributed by atoms with E-state index in [1.807, 2.05) is 42.5 Å². The van der Waals surface area contributed by atoms with Crippen LogP contribution in [0.15, 0.2) is 64.5 Å². The summed E-state index contributed by atoms with van der Waals surface area (Å²) in [7, 11) is 0.